The molecule has 1 atom stereocenters. The quantitative estimate of drug-likeness (QED) is 0.730. The second kappa shape index (κ2) is 8.88. The van der Waals surface area contributed by atoms with Crippen molar-refractivity contribution in [2.45, 2.75) is 33.2 Å². The number of ether oxygens (including phenoxy) is 1. The Morgan fingerprint density at radius 2 is 1.88 bits per heavy atom. The van der Waals surface area contributed by atoms with Gasteiger partial charge >= 0.3 is 0 Å². The lowest BCUT2D eigenvalue weighted by Crippen LogP contribution is -2.35. The maximum absolute atomic E-state index is 12.3. The number of rotatable bonds is 7. The second-order valence-corrected chi connectivity index (χ2v) is 7.05. The van der Waals surface area contributed by atoms with Crippen molar-refractivity contribution in [3.8, 4) is 5.75 Å². The Morgan fingerprint density at radius 1 is 1.17 bits per heavy atom. The number of hydrogen-bond acceptors (Lipinski definition) is 2. The van der Waals surface area contributed by atoms with E-state index in [2.05, 4.69) is 66.3 Å². The van der Waals surface area contributed by atoms with Crippen LogP contribution in [0.5, 0.6) is 5.75 Å². The first-order valence-electron chi connectivity index (χ1n) is 8.26. The van der Waals surface area contributed by atoms with Crippen molar-refractivity contribution < 1.29 is 9.53 Å². The second-order valence-electron chi connectivity index (χ2n) is 6.13. The van der Waals surface area contributed by atoms with Crippen molar-refractivity contribution in [2.75, 3.05) is 6.61 Å². The Morgan fingerprint density at radius 3 is 2.46 bits per heavy atom. The Balaban J connectivity index is 1.97. The molecule has 3 nitrogen and oxygen atoms in total. The Labute approximate surface area is 152 Å². The first-order valence-corrected chi connectivity index (χ1v) is 9.05. The van der Waals surface area contributed by atoms with Crippen LogP contribution in [-0.2, 0) is 11.2 Å². The van der Waals surface area contributed by atoms with Crippen LogP contribution in [0.4, 0.5) is 0 Å². The third-order valence-corrected chi connectivity index (χ3v) is 4.39. The number of aryl methyl sites for hydroxylation is 1. The highest BCUT2D eigenvalue weighted by Gasteiger charge is 2.18. The molecule has 0 saturated carbocycles. The van der Waals surface area contributed by atoms with Gasteiger partial charge in [0, 0.05) is 4.47 Å². The predicted octanol–water partition coefficient (Wildman–Crippen LogP) is 4.90. The lowest BCUT2D eigenvalue weighted by molar-refractivity contribution is -0.124. The van der Waals surface area contributed by atoms with Gasteiger partial charge in [0.2, 0.25) is 0 Å². The van der Waals surface area contributed by atoms with Crippen LogP contribution in [0.25, 0.3) is 0 Å². The summed E-state index contributed by atoms with van der Waals surface area (Å²) in [5.41, 5.74) is 2.42. The molecule has 0 radical (unpaired) electrons. The third kappa shape index (κ3) is 5.38. The highest BCUT2D eigenvalue weighted by Crippen LogP contribution is 2.22. The fraction of sp³-hybridized carbons (Fsp3) is 0.350. The van der Waals surface area contributed by atoms with Crippen LogP contribution in [0.1, 0.15) is 37.9 Å². The Kier molecular flexibility index (Phi) is 6.85. The molecule has 4 heteroatoms. The van der Waals surface area contributed by atoms with Crippen LogP contribution in [0.3, 0.4) is 0 Å². The largest absolute Gasteiger partial charge is 0.484 e. The molecule has 0 unspecified atom stereocenters. The van der Waals surface area contributed by atoms with E-state index >= 15 is 0 Å². The van der Waals surface area contributed by atoms with Gasteiger partial charge in [-0.2, -0.15) is 0 Å². The molecule has 2 aromatic rings. The van der Waals surface area contributed by atoms with E-state index in [0.717, 1.165) is 16.5 Å². The normalized spacial score (nSPS) is 12.0. The standard InChI is InChI=1S/C20H24BrNO2/c1-4-15-8-10-16(11-9-15)20(14(2)3)22-19(23)13-24-18-7-5-6-17(21)12-18/h5-12,14,20H,4,13H2,1-3H3,(H,22,23)/t20-/m0/s1. The SMILES string of the molecule is CCc1ccc([C@@H](NC(=O)COc2cccc(Br)c2)C(C)C)cc1. The summed E-state index contributed by atoms with van der Waals surface area (Å²) < 4.78 is 6.49. The monoisotopic (exact) mass is 389 g/mol. The molecule has 0 aliphatic carbocycles. The van der Waals surface area contributed by atoms with Crippen LogP contribution in [0, 0.1) is 5.92 Å². The average Bonchev–Trinajstić information content (AvgIpc) is 2.58. The summed E-state index contributed by atoms with van der Waals surface area (Å²) in [4.78, 5) is 12.3. The molecule has 0 aliphatic rings. The van der Waals surface area contributed by atoms with Gasteiger partial charge < -0.3 is 10.1 Å². The molecular weight excluding hydrogens is 366 g/mol. The number of halogens is 1. The fourth-order valence-electron chi connectivity index (χ4n) is 2.52. The molecule has 2 aromatic carbocycles. The summed E-state index contributed by atoms with van der Waals surface area (Å²) >= 11 is 3.39. The van der Waals surface area contributed by atoms with E-state index in [1.165, 1.54) is 5.56 Å². The summed E-state index contributed by atoms with van der Waals surface area (Å²) in [6.45, 7) is 6.35. The van der Waals surface area contributed by atoms with E-state index < -0.39 is 0 Å². The molecule has 0 saturated heterocycles. The number of carbonyl (C=O) groups excluding carboxylic acids is 1. The van der Waals surface area contributed by atoms with E-state index in [1.54, 1.807) is 0 Å². The number of benzene rings is 2. The molecule has 0 spiro atoms. The lowest BCUT2D eigenvalue weighted by Gasteiger charge is -2.23. The maximum Gasteiger partial charge on any atom is 0.258 e. The van der Waals surface area contributed by atoms with Gasteiger partial charge in [-0.05, 0) is 41.7 Å². The zero-order chi connectivity index (χ0) is 17.5. The maximum atomic E-state index is 12.3. The predicted molar refractivity (Wildman–Crippen MR) is 101 cm³/mol. The molecule has 0 fully saturated rings. The van der Waals surface area contributed by atoms with Crippen molar-refractivity contribution >= 4 is 21.8 Å². The Hall–Kier alpha value is -1.81. The van der Waals surface area contributed by atoms with Crippen LogP contribution >= 0.6 is 15.9 Å². The highest BCUT2D eigenvalue weighted by molar-refractivity contribution is 9.10. The molecule has 0 aliphatic heterocycles. The molecule has 128 valence electrons. The van der Waals surface area contributed by atoms with Gasteiger partial charge in [-0.15, -0.1) is 0 Å². The van der Waals surface area contributed by atoms with Gasteiger partial charge in [0.05, 0.1) is 6.04 Å². The first kappa shape index (κ1) is 18.5. The molecular formula is C20H24BrNO2. The zero-order valence-electron chi connectivity index (χ0n) is 14.4. The van der Waals surface area contributed by atoms with Gasteiger partial charge in [-0.25, -0.2) is 0 Å². The summed E-state index contributed by atoms with van der Waals surface area (Å²) in [6.07, 6.45) is 1.01. The first-order chi connectivity index (χ1) is 11.5. The molecule has 1 N–H and O–H groups in total. The van der Waals surface area contributed by atoms with Gasteiger partial charge in [0.25, 0.3) is 5.91 Å². The summed E-state index contributed by atoms with van der Waals surface area (Å²) in [6, 6.07) is 15.9. The van der Waals surface area contributed by atoms with Crippen molar-refractivity contribution in [1.29, 1.82) is 0 Å². The smallest absolute Gasteiger partial charge is 0.258 e. The number of carbonyl (C=O) groups is 1. The van der Waals surface area contributed by atoms with Crippen molar-refractivity contribution in [3.05, 3.63) is 64.1 Å². The fourth-order valence-corrected chi connectivity index (χ4v) is 2.89. The highest BCUT2D eigenvalue weighted by atomic mass is 79.9. The molecule has 2 rings (SSSR count). The van der Waals surface area contributed by atoms with E-state index in [-0.39, 0.29) is 18.6 Å². The molecule has 0 heterocycles. The van der Waals surface area contributed by atoms with Gasteiger partial charge in [-0.1, -0.05) is 67.0 Å². The van der Waals surface area contributed by atoms with Crippen molar-refractivity contribution in [1.82, 2.24) is 5.32 Å². The molecule has 1 amide bonds. The average molecular weight is 390 g/mol. The molecule has 24 heavy (non-hydrogen) atoms. The number of amides is 1. The van der Waals surface area contributed by atoms with Gasteiger partial charge in [-0.3, -0.25) is 4.79 Å². The zero-order valence-corrected chi connectivity index (χ0v) is 16.0. The third-order valence-electron chi connectivity index (χ3n) is 3.90. The van der Waals surface area contributed by atoms with E-state index in [0.29, 0.717) is 11.7 Å². The van der Waals surface area contributed by atoms with E-state index in [1.807, 2.05) is 24.3 Å². The minimum atomic E-state index is -0.117. The number of hydrogen-bond donors (Lipinski definition) is 1. The summed E-state index contributed by atoms with van der Waals surface area (Å²) in [5.74, 6) is 0.855. The van der Waals surface area contributed by atoms with Crippen molar-refractivity contribution in [3.63, 3.8) is 0 Å². The van der Waals surface area contributed by atoms with Crippen LogP contribution in [0.15, 0.2) is 53.0 Å². The van der Waals surface area contributed by atoms with Crippen LogP contribution in [-0.4, -0.2) is 12.5 Å². The molecule has 0 bridgehead atoms. The van der Waals surface area contributed by atoms with E-state index in [9.17, 15) is 4.79 Å². The van der Waals surface area contributed by atoms with Gasteiger partial charge in [0.1, 0.15) is 5.75 Å². The molecule has 0 aromatic heterocycles. The lowest BCUT2D eigenvalue weighted by atomic mass is 9.95. The summed E-state index contributed by atoms with van der Waals surface area (Å²) in [7, 11) is 0. The number of nitrogens with one attached hydrogen (secondary N) is 1. The minimum absolute atomic E-state index is 0.00666. The van der Waals surface area contributed by atoms with Crippen LogP contribution in [0.2, 0.25) is 0 Å². The topological polar surface area (TPSA) is 38.3 Å². The Bertz CT molecular complexity index is 668. The summed E-state index contributed by atoms with van der Waals surface area (Å²) in [5, 5.41) is 3.08. The van der Waals surface area contributed by atoms with Crippen molar-refractivity contribution in [2.24, 2.45) is 5.92 Å². The van der Waals surface area contributed by atoms with Crippen LogP contribution < -0.4 is 10.1 Å². The van der Waals surface area contributed by atoms with Gasteiger partial charge in [0.15, 0.2) is 6.61 Å². The minimum Gasteiger partial charge on any atom is -0.484 e. The van der Waals surface area contributed by atoms with E-state index in [4.69, 9.17) is 4.74 Å².